The summed E-state index contributed by atoms with van der Waals surface area (Å²) in [5.41, 5.74) is 4.10. The maximum atomic E-state index is 13.2. The van der Waals surface area contributed by atoms with Crippen molar-refractivity contribution >= 4 is 34.6 Å². The summed E-state index contributed by atoms with van der Waals surface area (Å²) < 4.78 is 0. The zero-order chi connectivity index (χ0) is 19.0. The van der Waals surface area contributed by atoms with Crippen molar-refractivity contribution in [3.05, 3.63) is 58.6 Å². The zero-order valence-corrected chi connectivity index (χ0v) is 16.6. The van der Waals surface area contributed by atoms with Gasteiger partial charge >= 0.3 is 0 Å². The highest BCUT2D eigenvalue weighted by Crippen LogP contribution is 2.31. The van der Waals surface area contributed by atoms with Crippen molar-refractivity contribution in [3.63, 3.8) is 0 Å². The Hall–Kier alpha value is -2.17. The summed E-state index contributed by atoms with van der Waals surface area (Å²) in [7, 11) is 0. The van der Waals surface area contributed by atoms with Crippen LogP contribution in [0.2, 0.25) is 5.02 Å². The predicted molar refractivity (Wildman–Crippen MR) is 110 cm³/mol. The Balaban J connectivity index is 1.65. The first-order valence-corrected chi connectivity index (χ1v) is 10.0. The maximum Gasteiger partial charge on any atom is 0.281 e. The fourth-order valence-electron chi connectivity index (χ4n) is 3.86. The Labute approximate surface area is 165 Å². The first kappa shape index (κ1) is 18.2. The van der Waals surface area contributed by atoms with E-state index in [1.54, 1.807) is 0 Å². The fraction of sp³-hybridized carbons (Fsp3) is 0.364. The van der Waals surface area contributed by atoms with Gasteiger partial charge in [-0.05, 0) is 49.4 Å². The van der Waals surface area contributed by atoms with Gasteiger partial charge in [-0.15, -0.1) is 0 Å². The van der Waals surface area contributed by atoms with E-state index >= 15 is 0 Å². The van der Waals surface area contributed by atoms with E-state index in [4.69, 9.17) is 11.6 Å². The van der Waals surface area contributed by atoms with Gasteiger partial charge in [0.05, 0.1) is 24.5 Å². The first-order valence-electron chi connectivity index (χ1n) is 9.62. The summed E-state index contributed by atoms with van der Waals surface area (Å²) in [5, 5.41) is 0.666. The van der Waals surface area contributed by atoms with Crippen molar-refractivity contribution in [2.24, 2.45) is 10.9 Å². The van der Waals surface area contributed by atoms with Crippen LogP contribution in [0, 0.1) is 12.8 Å². The number of carbonyl (C=O) groups excluding carboxylic acids is 1. The van der Waals surface area contributed by atoms with Crippen LogP contribution in [-0.2, 0) is 4.79 Å². The van der Waals surface area contributed by atoms with E-state index in [1.807, 2.05) is 54.3 Å². The van der Waals surface area contributed by atoms with Gasteiger partial charge in [0, 0.05) is 10.6 Å². The molecule has 140 valence electrons. The molecule has 4 nitrogen and oxygen atoms in total. The number of likely N-dealkylation sites (tertiary alicyclic amines) is 1. The number of carbonyl (C=O) groups is 1. The molecule has 2 aromatic carbocycles. The Morgan fingerprint density at radius 3 is 2.67 bits per heavy atom. The number of hydrogen-bond donors (Lipinski definition) is 1. The third kappa shape index (κ3) is 3.64. The van der Waals surface area contributed by atoms with Crippen LogP contribution in [0.4, 0.5) is 11.4 Å². The van der Waals surface area contributed by atoms with Gasteiger partial charge < -0.3 is 4.90 Å². The lowest BCUT2D eigenvalue weighted by Crippen LogP contribution is -3.14. The summed E-state index contributed by atoms with van der Waals surface area (Å²) in [4.78, 5) is 21.2. The monoisotopic (exact) mass is 382 g/mol. The molecule has 0 atom stereocenters. The molecule has 0 radical (unpaired) electrons. The highest BCUT2D eigenvalue weighted by Gasteiger charge is 2.36. The first-order chi connectivity index (χ1) is 13.0. The van der Waals surface area contributed by atoms with Gasteiger partial charge in [-0.2, -0.15) is 0 Å². The number of halogens is 1. The average molecular weight is 383 g/mol. The summed E-state index contributed by atoms with van der Waals surface area (Å²) >= 11 is 6.24. The number of aliphatic imine (C=N–C) groups is 1. The number of nitrogens with one attached hydrogen (secondary N) is 1. The number of fused-ring (bicyclic) bond motifs is 1. The standard InChI is InChI=1S/C22H24ClN3O/c1-15-9-11-25(12-10-15)14-26-20-6-4-3-5-18(20)21(22(26)27)24-17-8-7-16(2)19(23)13-17/h3-8,13,15H,9-12,14H2,1-2H3/p+1. The lowest BCUT2D eigenvalue weighted by atomic mass is 10.00. The number of anilines is 1. The molecular formula is C22H25ClN3O+. The largest absolute Gasteiger partial charge is 0.317 e. The molecule has 2 heterocycles. The number of hydrogen-bond acceptors (Lipinski definition) is 2. The molecule has 0 spiro atoms. The summed E-state index contributed by atoms with van der Waals surface area (Å²) in [5.74, 6) is 0.776. The van der Waals surface area contributed by atoms with Crippen molar-refractivity contribution in [1.82, 2.24) is 0 Å². The molecule has 27 heavy (non-hydrogen) atoms. The van der Waals surface area contributed by atoms with E-state index in [-0.39, 0.29) is 5.91 Å². The second kappa shape index (κ2) is 7.45. The predicted octanol–water partition coefficient (Wildman–Crippen LogP) is 3.39. The normalized spacial score (nSPS) is 23.7. The molecule has 0 aliphatic carbocycles. The number of benzene rings is 2. The van der Waals surface area contributed by atoms with Gasteiger partial charge in [0.2, 0.25) is 0 Å². The number of piperidine rings is 1. The van der Waals surface area contributed by atoms with Crippen molar-refractivity contribution in [2.75, 3.05) is 24.7 Å². The van der Waals surface area contributed by atoms with Crippen LogP contribution in [0.3, 0.4) is 0 Å². The molecular weight excluding hydrogens is 358 g/mol. The molecule has 2 aliphatic heterocycles. The van der Waals surface area contributed by atoms with Crippen LogP contribution < -0.4 is 9.80 Å². The Morgan fingerprint density at radius 1 is 1.19 bits per heavy atom. The van der Waals surface area contributed by atoms with Crippen LogP contribution in [0.15, 0.2) is 47.5 Å². The number of nitrogens with zero attached hydrogens (tertiary/aromatic N) is 2. The Bertz CT molecular complexity index is 900. The summed E-state index contributed by atoms with van der Waals surface area (Å²) in [6.07, 6.45) is 2.45. The molecule has 0 aromatic heterocycles. The molecule has 4 rings (SSSR count). The molecule has 2 aromatic rings. The van der Waals surface area contributed by atoms with Crippen LogP contribution in [0.25, 0.3) is 0 Å². The second-order valence-corrected chi connectivity index (χ2v) is 8.14. The third-order valence-electron chi connectivity index (χ3n) is 5.66. The van der Waals surface area contributed by atoms with Gasteiger partial charge in [-0.3, -0.25) is 9.69 Å². The van der Waals surface area contributed by atoms with E-state index in [0.29, 0.717) is 23.1 Å². The lowest BCUT2D eigenvalue weighted by molar-refractivity contribution is -0.904. The molecule has 0 unspecified atom stereocenters. The number of quaternary nitrogens is 1. The zero-order valence-electron chi connectivity index (χ0n) is 15.8. The average Bonchev–Trinajstić information content (AvgIpc) is 2.92. The quantitative estimate of drug-likeness (QED) is 0.868. The number of para-hydroxylation sites is 1. The van der Waals surface area contributed by atoms with Crippen LogP contribution in [-0.4, -0.2) is 31.4 Å². The lowest BCUT2D eigenvalue weighted by Gasteiger charge is -2.30. The Morgan fingerprint density at radius 2 is 1.93 bits per heavy atom. The Kier molecular flexibility index (Phi) is 5.02. The van der Waals surface area contributed by atoms with E-state index in [1.165, 1.54) is 17.7 Å². The summed E-state index contributed by atoms with van der Waals surface area (Å²) in [6.45, 7) is 7.21. The summed E-state index contributed by atoms with van der Waals surface area (Å²) in [6, 6.07) is 13.6. The van der Waals surface area contributed by atoms with Crippen molar-refractivity contribution in [1.29, 1.82) is 0 Å². The van der Waals surface area contributed by atoms with Crippen molar-refractivity contribution in [2.45, 2.75) is 26.7 Å². The highest BCUT2D eigenvalue weighted by molar-refractivity contribution is 6.54. The number of aryl methyl sites for hydroxylation is 1. The fourth-order valence-corrected chi connectivity index (χ4v) is 4.03. The molecule has 1 fully saturated rings. The van der Waals surface area contributed by atoms with Gasteiger partial charge in [-0.1, -0.05) is 42.8 Å². The molecule has 1 amide bonds. The topological polar surface area (TPSA) is 37.1 Å². The second-order valence-electron chi connectivity index (χ2n) is 7.73. The van der Waals surface area contributed by atoms with Crippen LogP contribution in [0.1, 0.15) is 30.9 Å². The van der Waals surface area contributed by atoms with E-state index in [0.717, 1.165) is 35.8 Å². The number of amides is 1. The van der Waals surface area contributed by atoms with Crippen molar-refractivity contribution < 1.29 is 9.69 Å². The van der Waals surface area contributed by atoms with Gasteiger partial charge in [-0.25, -0.2) is 4.99 Å². The molecule has 0 bridgehead atoms. The molecule has 1 N–H and O–H groups in total. The highest BCUT2D eigenvalue weighted by atomic mass is 35.5. The SMILES string of the molecule is Cc1ccc(N=C2C(=O)N(C[NH+]3CCC(C)CC3)c3ccccc32)cc1Cl. The smallest absolute Gasteiger partial charge is 0.281 e. The number of rotatable bonds is 3. The maximum absolute atomic E-state index is 13.2. The van der Waals surface area contributed by atoms with Crippen LogP contribution >= 0.6 is 11.6 Å². The molecule has 5 heteroatoms. The molecule has 1 saturated heterocycles. The van der Waals surface area contributed by atoms with E-state index in [2.05, 4.69) is 11.9 Å². The van der Waals surface area contributed by atoms with Gasteiger partial charge in [0.1, 0.15) is 5.71 Å². The minimum atomic E-state index is -0.0148. The molecule has 2 aliphatic rings. The minimum Gasteiger partial charge on any atom is -0.317 e. The van der Waals surface area contributed by atoms with Crippen molar-refractivity contribution in [3.8, 4) is 0 Å². The van der Waals surface area contributed by atoms with E-state index in [9.17, 15) is 4.79 Å². The third-order valence-corrected chi connectivity index (χ3v) is 6.06. The van der Waals surface area contributed by atoms with Gasteiger partial charge in [0.15, 0.2) is 6.67 Å². The molecule has 0 saturated carbocycles. The van der Waals surface area contributed by atoms with E-state index < -0.39 is 0 Å². The van der Waals surface area contributed by atoms with Crippen LogP contribution in [0.5, 0.6) is 0 Å². The minimum absolute atomic E-state index is 0.0148. The van der Waals surface area contributed by atoms with Gasteiger partial charge in [0.25, 0.3) is 5.91 Å².